The number of esters is 1. The summed E-state index contributed by atoms with van der Waals surface area (Å²) in [5.41, 5.74) is 0.836. The monoisotopic (exact) mass is 386 g/mol. The number of hydrogen-bond acceptors (Lipinski definition) is 7. The van der Waals surface area contributed by atoms with Crippen LogP contribution in [-0.4, -0.2) is 61.4 Å². The first-order chi connectivity index (χ1) is 12.6. The number of alkyl halides is 1. The van der Waals surface area contributed by atoms with Gasteiger partial charge in [0.2, 0.25) is 0 Å². The summed E-state index contributed by atoms with van der Waals surface area (Å²) in [4.78, 5) is 12.0. The van der Waals surface area contributed by atoms with Gasteiger partial charge in [-0.1, -0.05) is 30.3 Å². The zero-order valence-electron chi connectivity index (χ0n) is 14.5. The Balaban J connectivity index is 1.69. The van der Waals surface area contributed by atoms with E-state index in [9.17, 15) is 9.90 Å². The first kappa shape index (κ1) is 19.5. The van der Waals surface area contributed by atoms with Crippen LogP contribution in [0.4, 0.5) is 0 Å². The first-order valence-corrected chi connectivity index (χ1v) is 9.11. The van der Waals surface area contributed by atoms with Crippen molar-refractivity contribution < 1.29 is 33.6 Å². The van der Waals surface area contributed by atoms with Crippen LogP contribution in [-0.2, 0) is 28.5 Å². The van der Waals surface area contributed by atoms with Crippen molar-refractivity contribution in [2.45, 2.75) is 49.8 Å². The average molecular weight is 387 g/mol. The third-order valence-electron chi connectivity index (χ3n) is 4.40. The predicted molar refractivity (Wildman–Crippen MR) is 91.5 cm³/mol. The van der Waals surface area contributed by atoms with Crippen molar-refractivity contribution in [2.75, 3.05) is 19.6 Å². The Morgan fingerprint density at radius 2 is 2.08 bits per heavy atom. The lowest BCUT2D eigenvalue weighted by Gasteiger charge is -2.46. The summed E-state index contributed by atoms with van der Waals surface area (Å²) >= 11 is 5.60. The standard InChI is InChI=1S/C18H23ClO7/c1-22-18-16(25-13(20)8-5-9-19)14(21)15-12(24-18)10-23-17(26-15)11-6-3-2-4-7-11/h2-4,6-7,12,14-18,21H,5,8-10H2,1H3/t12-,14+,15-,16-,17?,18+/m1/s1. The summed E-state index contributed by atoms with van der Waals surface area (Å²) in [6.07, 6.45) is -4.18. The third kappa shape index (κ3) is 4.36. The third-order valence-corrected chi connectivity index (χ3v) is 4.66. The number of carbonyl (C=O) groups excluding carboxylic acids is 1. The molecule has 8 heteroatoms. The zero-order chi connectivity index (χ0) is 18.5. The van der Waals surface area contributed by atoms with Crippen molar-refractivity contribution >= 4 is 17.6 Å². The molecule has 2 saturated heterocycles. The number of carbonyl (C=O) groups is 1. The van der Waals surface area contributed by atoms with Crippen LogP contribution in [0.1, 0.15) is 24.7 Å². The van der Waals surface area contributed by atoms with E-state index in [1.54, 1.807) is 0 Å². The van der Waals surface area contributed by atoms with Crippen LogP contribution >= 0.6 is 11.6 Å². The lowest BCUT2D eigenvalue weighted by atomic mass is 9.97. The minimum atomic E-state index is -1.10. The van der Waals surface area contributed by atoms with Crippen molar-refractivity contribution in [3.8, 4) is 0 Å². The Morgan fingerprint density at radius 1 is 1.31 bits per heavy atom. The summed E-state index contributed by atoms with van der Waals surface area (Å²) < 4.78 is 28.0. The maximum Gasteiger partial charge on any atom is 0.306 e. The molecule has 1 aromatic rings. The smallest absolute Gasteiger partial charge is 0.306 e. The number of aliphatic hydroxyl groups excluding tert-OH is 1. The highest BCUT2D eigenvalue weighted by Crippen LogP contribution is 2.35. The number of rotatable bonds is 6. The normalized spacial score (nSPS) is 34.1. The van der Waals surface area contributed by atoms with Crippen molar-refractivity contribution in [1.82, 2.24) is 0 Å². The molecule has 0 amide bonds. The van der Waals surface area contributed by atoms with E-state index in [4.69, 9.17) is 35.3 Å². The van der Waals surface area contributed by atoms with Gasteiger partial charge in [0.05, 0.1) is 6.61 Å². The van der Waals surface area contributed by atoms with Gasteiger partial charge < -0.3 is 28.8 Å². The van der Waals surface area contributed by atoms with Gasteiger partial charge in [0.15, 0.2) is 18.7 Å². The van der Waals surface area contributed by atoms with Gasteiger partial charge in [-0.2, -0.15) is 0 Å². The molecular weight excluding hydrogens is 364 g/mol. The second-order valence-electron chi connectivity index (χ2n) is 6.19. The molecule has 2 aliphatic heterocycles. The van der Waals surface area contributed by atoms with Gasteiger partial charge in [-0.05, 0) is 6.42 Å². The van der Waals surface area contributed by atoms with Gasteiger partial charge in [-0.15, -0.1) is 11.6 Å². The predicted octanol–water partition coefficient (Wildman–Crippen LogP) is 1.76. The fourth-order valence-electron chi connectivity index (χ4n) is 3.08. The molecule has 1 aromatic carbocycles. The van der Waals surface area contributed by atoms with Gasteiger partial charge in [-0.25, -0.2) is 0 Å². The van der Waals surface area contributed by atoms with Crippen LogP contribution in [0.15, 0.2) is 30.3 Å². The Bertz CT molecular complexity index is 584. The van der Waals surface area contributed by atoms with Crippen molar-refractivity contribution in [2.24, 2.45) is 0 Å². The minimum absolute atomic E-state index is 0.161. The number of benzene rings is 1. The summed E-state index contributed by atoms with van der Waals surface area (Å²) in [5.74, 6) is -0.110. The number of aliphatic hydroxyl groups is 1. The molecule has 1 unspecified atom stereocenters. The molecule has 1 N–H and O–H groups in total. The van der Waals surface area contributed by atoms with E-state index in [2.05, 4.69) is 0 Å². The molecule has 0 aliphatic carbocycles. The summed E-state index contributed by atoms with van der Waals surface area (Å²) in [6, 6.07) is 9.41. The fourth-order valence-corrected chi connectivity index (χ4v) is 3.22. The lowest BCUT2D eigenvalue weighted by Crippen LogP contribution is -2.63. The summed E-state index contributed by atoms with van der Waals surface area (Å²) in [5, 5.41) is 10.8. The van der Waals surface area contributed by atoms with Crippen LogP contribution in [0, 0.1) is 0 Å². The van der Waals surface area contributed by atoms with Crippen molar-refractivity contribution in [3.63, 3.8) is 0 Å². The molecule has 7 nitrogen and oxygen atoms in total. The van der Waals surface area contributed by atoms with E-state index >= 15 is 0 Å². The van der Waals surface area contributed by atoms with Gasteiger partial charge in [0, 0.05) is 25.0 Å². The highest BCUT2D eigenvalue weighted by molar-refractivity contribution is 6.17. The van der Waals surface area contributed by atoms with Crippen molar-refractivity contribution in [1.29, 1.82) is 0 Å². The van der Waals surface area contributed by atoms with Crippen LogP contribution in [0.5, 0.6) is 0 Å². The molecule has 0 spiro atoms. The second-order valence-corrected chi connectivity index (χ2v) is 6.57. The topological polar surface area (TPSA) is 83.5 Å². The number of ether oxygens (including phenoxy) is 5. The summed E-state index contributed by atoms with van der Waals surface area (Å²) in [6.45, 7) is 0.230. The maximum absolute atomic E-state index is 12.0. The zero-order valence-corrected chi connectivity index (χ0v) is 15.2. The molecule has 2 aliphatic rings. The number of halogens is 1. The molecule has 26 heavy (non-hydrogen) atoms. The van der Waals surface area contributed by atoms with E-state index in [0.717, 1.165) is 5.56 Å². The van der Waals surface area contributed by atoms with E-state index in [0.29, 0.717) is 12.3 Å². The summed E-state index contributed by atoms with van der Waals surface area (Å²) in [7, 11) is 1.43. The van der Waals surface area contributed by atoms with E-state index in [1.807, 2.05) is 30.3 Å². The lowest BCUT2D eigenvalue weighted by molar-refractivity contribution is -0.358. The molecule has 2 fully saturated rings. The Kier molecular flexibility index (Phi) is 6.86. The van der Waals surface area contributed by atoms with Gasteiger partial charge in [0.25, 0.3) is 0 Å². The Morgan fingerprint density at radius 3 is 2.77 bits per heavy atom. The molecule has 6 atom stereocenters. The molecule has 0 saturated carbocycles. The molecule has 0 bridgehead atoms. The van der Waals surface area contributed by atoms with Gasteiger partial charge in [-0.3, -0.25) is 4.79 Å². The van der Waals surface area contributed by atoms with Gasteiger partial charge >= 0.3 is 5.97 Å². The molecule has 0 radical (unpaired) electrons. The largest absolute Gasteiger partial charge is 0.454 e. The van der Waals surface area contributed by atoms with Gasteiger partial charge in [0.1, 0.15) is 18.3 Å². The quantitative estimate of drug-likeness (QED) is 0.589. The first-order valence-electron chi connectivity index (χ1n) is 8.58. The Labute approximate surface area is 157 Å². The highest BCUT2D eigenvalue weighted by Gasteiger charge is 2.51. The maximum atomic E-state index is 12.0. The minimum Gasteiger partial charge on any atom is -0.454 e. The molecule has 3 rings (SSSR count). The van der Waals surface area contributed by atoms with Crippen LogP contribution in [0.2, 0.25) is 0 Å². The van der Waals surface area contributed by atoms with Crippen molar-refractivity contribution in [3.05, 3.63) is 35.9 Å². The average Bonchev–Trinajstić information content (AvgIpc) is 2.68. The SMILES string of the molecule is CO[C@H]1O[C@@H]2COC(c3ccccc3)O[C@H]2[C@H](O)[C@H]1OC(=O)CCCCl. The second kappa shape index (κ2) is 9.12. The molecule has 2 heterocycles. The van der Waals surface area contributed by atoms with Crippen LogP contribution in [0.3, 0.4) is 0 Å². The van der Waals surface area contributed by atoms with Crippen LogP contribution < -0.4 is 0 Å². The van der Waals surface area contributed by atoms with E-state index in [1.165, 1.54) is 7.11 Å². The number of hydrogen-bond donors (Lipinski definition) is 1. The number of fused-ring (bicyclic) bond motifs is 1. The molecular formula is C18H23ClO7. The van der Waals surface area contributed by atoms with E-state index in [-0.39, 0.29) is 13.0 Å². The number of methoxy groups -OCH3 is 1. The fraction of sp³-hybridized carbons (Fsp3) is 0.611. The molecule has 0 aromatic heterocycles. The Hall–Kier alpha value is -1.22. The highest BCUT2D eigenvalue weighted by atomic mass is 35.5. The van der Waals surface area contributed by atoms with Crippen LogP contribution in [0.25, 0.3) is 0 Å². The van der Waals surface area contributed by atoms with E-state index < -0.39 is 43.0 Å². The molecule has 144 valence electrons.